The lowest BCUT2D eigenvalue weighted by molar-refractivity contribution is -0.150. The van der Waals surface area contributed by atoms with E-state index in [1.54, 1.807) is 0 Å². The number of hydrogen-bond acceptors (Lipinski definition) is 2. The third-order valence-electron chi connectivity index (χ3n) is 2.74. The zero-order valence-electron chi connectivity index (χ0n) is 8.06. The summed E-state index contributed by atoms with van der Waals surface area (Å²) in [6.45, 7) is 0. The minimum Gasteiger partial charge on any atom is -0.315 e. The van der Waals surface area contributed by atoms with Crippen molar-refractivity contribution in [2.45, 2.75) is 37.9 Å². The summed E-state index contributed by atoms with van der Waals surface area (Å²) in [6, 6.07) is -1.96. The molecule has 0 spiro atoms. The van der Waals surface area contributed by atoms with E-state index in [9.17, 15) is 13.2 Å². The largest absolute Gasteiger partial charge is 0.409 e. The fourth-order valence-electron chi connectivity index (χ4n) is 1.92. The van der Waals surface area contributed by atoms with Crippen LogP contribution in [0.25, 0.3) is 0 Å². The van der Waals surface area contributed by atoms with E-state index in [-0.39, 0.29) is 5.69 Å². The summed E-state index contributed by atoms with van der Waals surface area (Å²) in [5.41, 5.74) is 6.59. The predicted octanol–water partition coefficient (Wildman–Crippen LogP) is 1.85. The van der Waals surface area contributed by atoms with Gasteiger partial charge in [-0.2, -0.15) is 18.3 Å². The summed E-state index contributed by atoms with van der Waals surface area (Å²) in [5.74, 6) is 0. The number of nitrogens with zero attached hydrogens (tertiary/aromatic N) is 1. The number of alkyl halides is 3. The van der Waals surface area contributed by atoms with Crippen LogP contribution in [0.1, 0.15) is 35.8 Å². The van der Waals surface area contributed by atoms with Gasteiger partial charge in [-0.05, 0) is 31.2 Å². The molecule has 1 aromatic heterocycles. The molecule has 2 rings (SSSR count). The lowest BCUT2D eigenvalue weighted by Crippen LogP contribution is -2.29. The number of hydrogen-bond donors (Lipinski definition) is 2. The standard InChI is InChI=1S/C9H12F3N3/c10-9(11,12)8(13)7-5-3-1-2-4-6(5)14-15-7/h8H,1-4,13H2,(H,14,15). The van der Waals surface area contributed by atoms with Crippen LogP contribution < -0.4 is 5.73 Å². The number of H-pyrrole nitrogens is 1. The third kappa shape index (κ3) is 1.86. The van der Waals surface area contributed by atoms with Crippen LogP contribution in [0.2, 0.25) is 0 Å². The first-order valence-electron chi connectivity index (χ1n) is 4.88. The van der Waals surface area contributed by atoms with Gasteiger partial charge in [0, 0.05) is 5.69 Å². The molecular weight excluding hydrogens is 207 g/mol. The second kappa shape index (κ2) is 3.52. The SMILES string of the molecule is NC(c1n[nH]c2c1CCCC2)C(F)(F)F. The molecule has 0 radical (unpaired) electrons. The Morgan fingerprint density at radius 1 is 1.27 bits per heavy atom. The molecule has 1 heterocycles. The van der Waals surface area contributed by atoms with E-state index in [0.29, 0.717) is 12.0 Å². The minimum absolute atomic E-state index is 0.0304. The van der Waals surface area contributed by atoms with Gasteiger partial charge in [0.15, 0.2) is 0 Å². The average Bonchev–Trinajstić information content (AvgIpc) is 2.58. The molecule has 0 aliphatic heterocycles. The second-order valence-corrected chi connectivity index (χ2v) is 3.79. The molecule has 0 saturated heterocycles. The van der Waals surface area contributed by atoms with Crippen LogP contribution in [0.5, 0.6) is 0 Å². The number of halogens is 3. The highest BCUT2D eigenvalue weighted by Gasteiger charge is 2.41. The maximum atomic E-state index is 12.4. The van der Waals surface area contributed by atoms with Gasteiger partial charge < -0.3 is 5.73 Å². The van der Waals surface area contributed by atoms with Gasteiger partial charge in [-0.15, -0.1) is 0 Å². The Balaban J connectivity index is 2.33. The molecule has 3 N–H and O–H groups in total. The van der Waals surface area contributed by atoms with Gasteiger partial charge >= 0.3 is 6.18 Å². The smallest absolute Gasteiger partial charge is 0.315 e. The molecule has 84 valence electrons. The molecule has 1 unspecified atom stereocenters. The summed E-state index contributed by atoms with van der Waals surface area (Å²) in [4.78, 5) is 0. The zero-order chi connectivity index (χ0) is 11.1. The van der Waals surface area contributed by atoms with Crippen molar-refractivity contribution in [2.75, 3.05) is 0 Å². The van der Waals surface area contributed by atoms with Crippen LogP contribution in [0, 0.1) is 0 Å². The highest BCUT2D eigenvalue weighted by atomic mass is 19.4. The van der Waals surface area contributed by atoms with E-state index < -0.39 is 12.2 Å². The van der Waals surface area contributed by atoms with E-state index in [4.69, 9.17) is 5.73 Å². The van der Waals surface area contributed by atoms with Crippen molar-refractivity contribution in [3.05, 3.63) is 17.0 Å². The van der Waals surface area contributed by atoms with Crippen LogP contribution in [-0.2, 0) is 12.8 Å². The maximum Gasteiger partial charge on any atom is 0.409 e. The first-order valence-corrected chi connectivity index (χ1v) is 4.88. The fraction of sp³-hybridized carbons (Fsp3) is 0.667. The van der Waals surface area contributed by atoms with E-state index in [0.717, 1.165) is 25.0 Å². The van der Waals surface area contributed by atoms with E-state index in [1.807, 2.05) is 0 Å². The number of aryl methyl sites for hydroxylation is 1. The Morgan fingerprint density at radius 3 is 2.60 bits per heavy atom. The summed E-state index contributed by atoms with van der Waals surface area (Å²) in [7, 11) is 0. The van der Waals surface area contributed by atoms with E-state index >= 15 is 0 Å². The topological polar surface area (TPSA) is 54.7 Å². The van der Waals surface area contributed by atoms with E-state index in [2.05, 4.69) is 10.2 Å². The third-order valence-corrected chi connectivity index (χ3v) is 2.74. The van der Waals surface area contributed by atoms with Crippen molar-refractivity contribution in [2.24, 2.45) is 5.73 Å². The number of aromatic nitrogens is 2. The summed E-state index contributed by atoms with van der Waals surface area (Å²) >= 11 is 0. The van der Waals surface area contributed by atoms with Crippen molar-refractivity contribution in [1.82, 2.24) is 10.2 Å². The first-order chi connectivity index (χ1) is 7.00. The van der Waals surface area contributed by atoms with Crippen molar-refractivity contribution in [1.29, 1.82) is 0 Å². The molecule has 1 aromatic rings. The van der Waals surface area contributed by atoms with Crippen LogP contribution in [-0.4, -0.2) is 16.4 Å². The quantitative estimate of drug-likeness (QED) is 0.757. The van der Waals surface area contributed by atoms with Gasteiger partial charge in [-0.1, -0.05) is 0 Å². The van der Waals surface area contributed by atoms with Crippen LogP contribution in [0.4, 0.5) is 13.2 Å². The molecule has 0 fully saturated rings. The van der Waals surface area contributed by atoms with Crippen LogP contribution >= 0.6 is 0 Å². The number of nitrogens with two attached hydrogens (primary N) is 1. The van der Waals surface area contributed by atoms with Crippen LogP contribution in [0.3, 0.4) is 0 Å². The van der Waals surface area contributed by atoms with Gasteiger partial charge in [0.1, 0.15) is 6.04 Å². The summed E-state index contributed by atoms with van der Waals surface area (Å²) in [5, 5.41) is 6.34. The van der Waals surface area contributed by atoms with Crippen LogP contribution in [0.15, 0.2) is 0 Å². The fourth-order valence-corrected chi connectivity index (χ4v) is 1.92. The Kier molecular flexibility index (Phi) is 2.46. The first kappa shape index (κ1) is 10.5. The number of nitrogens with one attached hydrogen (secondary N) is 1. The normalized spacial score (nSPS) is 18.7. The maximum absolute atomic E-state index is 12.4. The predicted molar refractivity (Wildman–Crippen MR) is 48.2 cm³/mol. The van der Waals surface area contributed by atoms with Crippen molar-refractivity contribution in [3.63, 3.8) is 0 Å². The van der Waals surface area contributed by atoms with Crippen molar-refractivity contribution in [3.8, 4) is 0 Å². The molecule has 0 amide bonds. The van der Waals surface area contributed by atoms with Crippen molar-refractivity contribution < 1.29 is 13.2 Å². The Bertz CT molecular complexity index is 356. The molecule has 0 bridgehead atoms. The van der Waals surface area contributed by atoms with E-state index in [1.165, 1.54) is 0 Å². The molecule has 1 aliphatic carbocycles. The summed E-state index contributed by atoms with van der Waals surface area (Å²) < 4.78 is 37.2. The minimum atomic E-state index is -4.42. The van der Waals surface area contributed by atoms with Crippen molar-refractivity contribution >= 4 is 0 Å². The van der Waals surface area contributed by atoms with Gasteiger partial charge in [0.2, 0.25) is 0 Å². The zero-order valence-corrected chi connectivity index (χ0v) is 8.06. The monoisotopic (exact) mass is 219 g/mol. The number of fused-ring (bicyclic) bond motifs is 1. The molecule has 3 nitrogen and oxygen atoms in total. The highest BCUT2D eigenvalue weighted by Crippen LogP contribution is 2.34. The lowest BCUT2D eigenvalue weighted by atomic mass is 9.94. The van der Waals surface area contributed by atoms with Gasteiger partial charge in [-0.25, -0.2) is 0 Å². The molecule has 6 heteroatoms. The lowest BCUT2D eigenvalue weighted by Gasteiger charge is -2.17. The Hall–Kier alpha value is -1.04. The molecule has 0 aromatic carbocycles. The molecule has 1 atom stereocenters. The Labute approximate surface area is 84.8 Å². The van der Waals surface area contributed by atoms with Gasteiger partial charge in [0.25, 0.3) is 0 Å². The molecular formula is C9H12F3N3. The second-order valence-electron chi connectivity index (χ2n) is 3.79. The highest BCUT2D eigenvalue weighted by molar-refractivity contribution is 5.30. The number of rotatable bonds is 1. The summed E-state index contributed by atoms with van der Waals surface area (Å²) in [6.07, 6.45) is -1.10. The molecule has 1 aliphatic rings. The van der Waals surface area contributed by atoms with Gasteiger partial charge in [0.05, 0.1) is 5.69 Å². The molecule has 0 saturated carbocycles. The number of aromatic amines is 1. The average molecular weight is 219 g/mol. The Morgan fingerprint density at radius 2 is 1.93 bits per heavy atom. The van der Waals surface area contributed by atoms with Gasteiger partial charge in [-0.3, -0.25) is 5.10 Å². The molecule has 15 heavy (non-hydrogen) atoms.